The third-order valence-electron chi connectivity index (χ3n) is 4.23. The third kappa shape index (κ3) is 4.09. The Hall–Kier alpha value is -2.70. The van der Waals surface area contributed by atoms with Crippen LogP contribution in [-0.2, 0) is 6.18 Å². The number of rotatable bonds is 4. The van der Waals surface area contributed by atoms with Gasteiger partial charge in [-0.05, 0) is 42.5 Å². The second kappa shape index (κ2) is 7.27. The van der Waals surface area contributed by atoms with Gasteiger partial charge in [-0.15, -0.1) is 0 Å². The first-order valence-corrected chi connectivity index (χ1v) is 8.14. The molecule has 0 aromatic heterocycles. The van der Waals surface area contributed by atoms with Crippen LogP contribution in [0.1, 0.15) is 22.3 Å². The lowest BCUT2D eigenvalue weighted by atomic mass is 10.1. The van der Waals surface area contributed by atoms with Crippen molar-refractivity contribution in [1.82, 2.24) is 4.90 Å². The predicted molar refractivity (Wildman–Crippen MR) is 89.4 cm³/mol. The normalized spacial score (nSPS) is 17.2. The number of nitrogens with zero attached hydrogens (tertiary/aromatic N) is 1. The van der Waals surface area contributed by atoms with Crippen molar-refractivity contribution in [1.29, 1.82) is 0 Å². The average Bonchev–Trinajstić information content (AvgIpc) is 3.09. The number of hydrogen-bond donors (Lipinski definition) is 0. The summed E-state index contributed by atoms with van der Waals surface area (Å²) in [6.45, 7) is 0.775. The Balaban J connectivity index is 1.63. The van der Waals surface area contributed by atoms with Gasteiger partial charge in [0.1, 0.15) is 17.6 Å². The molecule has 0 aliphatic carbocycles. The maximum Gasteiger partial charge on any atom is 0.416 e. The number of halogens is 3. The highest BCUT2D eigenvalue weighted by atomic mass is 19.4. The molecule has 1 aliphatic rings. The van der Waals surface area contributed by atoms with Crippen molar-refractivity contribution in [2.24, 2.45) is 0 Å². The maximum absolute atomic E-state index is 12.8. The third-order valence-corrected chi connectivity index (χ3v) is 4.23. The lowest BCUT2D eigenvalue weighted by Crippen LogP contribution is -2.31. The Kier molecular flexibility index (Phi) is 5.06. The molecule has 0 bridgehead atoms. The van der Waals surface area contributed by atoms with Crippen molar-refractivity contribution < 1.29 is 27.4 Å². The molecule has 7 heteroatoms. The number of carbonyl (C=O) groups is 1. The average molecular weight is 365 g/mol. The van der Waals surface area contributed by atoms with Crippen LogP contribution in [0.2, 0.25) is 0 Å². The van der Waals surface area contributed by atoms with Crippen LogP contribution in [0, 0.1) is 0 Å². The molecule has 0 unspecified atom stereocenters. The Morgan fingerprint density at radius 2 is 1.81 bits per heavy atom. The molecule has 4 nitrogen and oxygen atoms in total. The molecule has 1 heterocycles. The van der Waals surface area contributed by atoms with Crippen LogP contribution in [0.15, 0.2) is 48.5 Å². The smallest absolute Gasteiger partial charge is 0.416 e. The van der Waals surface area contributed by atoms with E-state index in [9.17, 15) is 18.0 Å². The molecule has 26 heavy (non-hydrogen) atoms. The summed E-state index contributed by atoms with van der Waals surface area (Å²) >= 11 is 0. The molecular formula is C19H18F3NO3. The van der Waals surface area contributed by atoms with Crippen LogP contribution in [0.5, 0.6) is 11.5 Å². The minimum Gasteiger partial charge on any atom is -0.497 e. The summed E-state index contributed by atoms with van der Waals surface area (Å²) in [5, 5.41) is 0. The summed E-state index contributed by atoms with van der Waals surface area (Å²) in [6.07, 6.45) is -4.05. The van der Waals surface area contributed by atoms with Crippen molar-refractivity contribution in [3.8, 4) is 11.5 Å². The number of alkyl halides is 3. The first kappa shape index (κ1) is 18.1. The summed E-state index contributed by atoms with van der Waals surface area (Å²) < 4.78 is 49.4. The van der Waals surface area contributed by atoms with E-state index >= 15 is 0 Å². The second-order valence-corrected chi connectivity index (χ2v) is 6.03. The van der Waals surface area contributed by atoms with Crippen molar-refractivity contribution in [2.45, 2.75) is 18.7 Å². The molecule has 0 radical (unpaired) electrons. The molecule has 0 saturated carbocycles. The topological polar surface area (TPSA) is 38.8 Å². The Labute approximate surface area is 149 Å². The van der Waals surface area contributed by atoms with E-state index in [1.54, 1.807) is 31.4 Å². The van der Waals surface area contributed by atoms with E-state index < -0.39 is 17.6 Å². The van der Waals surface area contributed by atoms with Gasteiger partial charge in [-0.3, -0.25) is 4.79 Å². The van der Waals surface area contributed by atoms with Gasteiger partial charge in [0.25, 0.3) is 5.91 Å². The van der Waals surface area contributed by atoms with Gasteiger partial charge >= 0.3 is 6.18 Å². The molecular weight excluding hydrogens is 347 g/mol. The maximum atomic E-state index is 12.8. The highest BCUT2D eigenvalue weighted by Gasteiger charge is 2.33. The Bertz CT molecular complexity index is 774. The van der Waals surface area contributed by atoms with E-state index in [-0.39, 0.29) is 11.7 Å². The summed E-state index contributed by atoms with van der Waals surface area (Å²) in [6, 6.07) is 11.6. The highest BCUT2D eigenvalue weighted by Crippen LogP contribution is 2.30. The molecule has 1 atom stereocenters. The second-order valence-electron chi connectivity index (χ2n) is 6.03. The van der Waals surface area contributed by atoms with Crippen molar-refractivity contribution in [2.75, 3.05) is 20.2 Å². The van der Waals surface area contributed by atoms with Crippen LogP contribution in [-0.4, -0.2) is 37.1 Å². The van der Waals surface area contributed by atoms with E-state index in [1.165, 1.54) is 17.0 Å². The van der Waals surface area contributed by atoms with Crippen LogP contribution >= 0.6 is 0 Å². The number of ether oxygens (including phenoxy) is 2. The fourth-order valence-corrected chi connectivity index (χ4v) is 2.87. The fourth-order valence-electron chi connectivity index (χ4n) is 2.87. The molecule has 2 aromatic carbocycles. The SMILES string of the molecule is COc1ccc(O[C@@H]2CCN(C(=O)c3cccc(C(F)(F)F)c3)C2)cc1. The van der Waals surface area contributed by atoms with Gasteiger partial charge < -0.3 is 14.4 Å². The van der Waals surface area contributed by atoms with Gasteiger partial charge in [0, 0.05) is 18.5 Å². The summed E-state index contributed by atoms with van der Waals surface area (Å²) in [7, 11) is 1.57. The quantitative estimate of drug-likeness (QED) is 0.822. The van der Waals surface area contributed by atoms with Crippen LogP contribution in [0.3, 0.4) is 0 Å². The summed E-state index contributed by atoms with van der Waals surface area (Å²) in [5.41, 5.74) is -0.793. The van der Waals surface area contributed by atoms with Gasteiger partial charge in [-0.1, -0.05) is 6.07 Å². The van der Waals surface area contributed by atoms with E-state index in [2.05, 4.69) is 0 Å². The molecule has 1 saturated heterocycles. The van der Waals surface area contributed by atoms with Crippen molar-refractivity contribution in [3.63, 3.8) is 0 Å². The minimum atomic E-state index is -4.47. The van der Waals surface area contributed by atoms with Gasteiger partial charge in [0.2, 0.25) is 0 Å². The van der Waals surface area contributed by atoms with E-state index in [0.29, 0.717) is 31.0 Å². The molecule has 1 aliphatic heterocycles. The Morgan fingerprint density at radius 1 is 1.12 bits per heavy atom. The zero-order valence-corrected chi connectivity index (χ0v) is 14.1. The van der Waals surface area contributed by atoms with Crippen molar-refractivity contribution in [3.05, 3.63) is 59.7 Å². The van der Waals surface area contributed by atoms with E-state index in [4.69, 9.17) is 9.47 Å². The largest absolute Gasteiger partial charge is 0.497 e. The first-order valence-electron chi connectivity index (χ1n) is 8.14. The number of carbonyl (C=O) groups excluding carboxylic acids is 1. The van der Waals surface area contributed by atoms with Crippen molar-refractivity contribution >= 4 is 5.91 Å². The number of methoxy groups -OCH3 is 1. The lowest BCUT2D eigenvalue weighted by molar-refractivity contribution is -0.137. The molecule has 1 amide bonds. The molecule has 0 N–H and O–H groups in total. The predicted octanol–water partition coefficient (Wildman–Crippen LogP) is 4.01. The summed E-state index contributed by atoms with van der Waals surface area (Å²) in [4.78, 5) is 14.0. The molecule has 138 valence electrons. The van der Waals surface area contributed by atoms with Crippen LogP contribution < -0.4 is 9.47 Å². The van der Waals surface area contributed by atoms with Gasteiger partial charge in [0.15, 0.2) is 0 Å². The highest BCUT2D eigenvalue weighted by molar-refractivity contribution is 5.94. The van der Waals surface area contributed by atoms with Crippen LogP contribution in [0.25, 0.3) is 0 Å². The molecule has 0 spiro atoms. The molecule has 3 rings (SSSR count). The van der Waals surface area contributed by atoms with E-state index in [1.807, 2.05) is 0 Å². The number of amides is 1. The zero-order chi connectivity index (χ0) is 18.7. The zero-order valence-electron chi connectivity index (χ0n) is 14.1. The van der Waals surface area contributed by atoms with Crippen LogP contribution in [0.4, 0.5) is 13.2 Å². The molecule has 2 aromatic rings. The number of likely N-dealkylation sites (tertiary alicyclic amines) is 1. The van der Waals surface area contributed by atoms with Gasteiger partial charge in [-0.25, -0.2) is 0 Å². The lowest BCUT2D eigenvalue weighted by Gasteiger charge is -2.18. The molecule has 1 fully saturated rings. The number of hydrogen-bond acceptors (Lipinski definition) is 3. The number of benzene rings is 2. The van der Waals surface area contributed by atoms with Gasteiger partial charge in [0.05, 0.1) is 19.2 Å². The summed E-state index contributed by atoms with van der Waals surface area (Å²) in [5.74, 6) is 0.950. The fraction of sp³-hybridized carbons (Fsp3) is 0.316. The Morgan fingerprint density at radius 3 is 2.46 bits per heavy atom. The monoisotopic (exact) mass is 365 g/mol. The minimum absolute atomic E-state index is 0.0323. The first-order chi connectivity index (χ1) is 12.4. The standard InChI is InChI=1S/C19H18F3NO3/c1-25-15-5-7-16(8-6-15)26-17-9-10-23(12-17)18(24)13-3-2-4-14(11-13)19(20,21)22/h2-8,11,17H,9-10,12H2,1H3/t17-/m1/s1. The van der Waals surface area contributed by atoms with Gasteiger partial charge in [-0.2, -0.15) is 13.2 Å². The van der Waals surface area contributed by atoms with E-state index in [0.717, 1.165) is 12.1 Å².